The first-order valence-electron chi connectivity index (χ1n) is 10.7. The van der Waals surface area contributed by atoms with Gasteiger partial charge in [-0.3, -0.25) is 4.79 Å². The molecule has 4 nitrogen and oxygen atoms in total. The lowest BCUT2D eigenvalue weighted by atomic mass is 9.48. The Morgan fingerprint density at radius 2 is 1.50 bits per heavy atom. The van der Waals surface area contributed by atoms with Crippen molar-refractivity contribution >= 4 is 22.8 Å². The van der Waals surface area contributed by atoms with Gasteiger partial charge in [0.2, 0.25) is 5.12 Å². The Morgan fingerprint density at radius 1 is 0.933 bits per heavy atom. The maximum atomic E-state index is 13.0. The van der Waals surface area contributed by atoms with Crippen molar-refractivity contribution in [3.8, 4) is 5.75 Å². The van der Waals surface area contributed by atoms with Gasteiger partial charge in [-0.1, -0.05) is 0 Å². The first-order valence-corrected chi connectivity index (χ1v) is 11.5. The molecule has 0 amide bonds. The molecule has 0 spiro atoms. The van der Waals surface area contributed by atoms with Gasteiger partial charge in [0.15, 0.2) is 0 Å². The van der Waals surface area contributed by atoms with Crippen LogP contribution in [0.15, 0.2) is 47.4 Å². The largest absolute Gasteiger partial charge is 0.496 e. The van der Waals surface area contributed by atoms with Crippen LogP contribution in [0.5, 0.6) is 5.75 Å². The van der Waals surface area contributed by atoms with E-state index in [1.807, 2.05) is 12.1 Å². The lowest BCUT2D eigenvalue weighted by Gasteiger charge is -2.57. The highest BCUT2D eigenvalue weighted by atomic mass is 32.2. The zero-order valence-electron chi connectivity index (χ0n) is 17.1. The number of ether oxygens (including phenoxy) is 1. The van der Waals surface area contributed by atoms with Gasteiger partial charge in [0.1, 0.15) is 5.75 Å². The highest BCUT2D eigenvalue weighted by Crippen LogP contribution is 2.62. The second kappa shape index (κ2) is 7.45. The van der Waals surface area contributed by atoms with E-state index in [-0.39, 0.29) is 16.1 Å². The van der Waals surface area contributed by atoms with E-state index in [2.05, 4.69) is 6.07 Å². The van der Waals surface area contributed by atoms with Crippen molar-refractivity contribution in [1.29, 1.82) is 0 Å². The number of carboxylic acids is 1. The van der Waals surface area contributed by atoms with Gasteiger partial charge in [0.25, 0.3) is 0 Å². The molecule has 0 atom stereocenters. The molecule has 156 valence electrons. The molecule has 30 heavy (non-hydrogen) atoms. The van der Waals surface area contributed by atoms with Crippen molar-refractivity contribution in [2.24, 2.45) is 17.8 Å². The molecule has 4 fully saturated rings. The summed E-state index contributed by atoms with van der Waals surface area (Å²) in [6.07, 6.45) is 7.79. The van der Waals surface area contributed by atoms with Gasteiger partial charge in [0, 0.05) is 16.0 Å². The van der Waals surface area contributed by atoms with E-state index in [4.69, 9.17) is 9.84 Å². The molecule has 2 aromatic carbocycles. The summed E-state index contributed by atoms with van der Waals surface area (Å²) in [6.45, 7) is 0. The Morgan fingerprint density at radius 3 is 2.03 bits per heavy atom. The predicted molar refractivity (Wildman–Crippen MR) is 116 cm³/mol. The fraction of sp³-hybridized carbons (Fsp3) is 0.440. The molecule has 0 heterocycles. The molecule has 4 bridgehead atoms. The molecule has 4 aliphatic carbocycles. The minimum atomic E-state index is -0.965. The van der Waals surface area contributed by atoms with Crippen LogP contribution in [0.25, 0.3) is 0 Å². The smallest absolute Gasteiger partial charge is 0.335 e. The highest BCUT2D eigenvalue weighted by molar-refractivity contribution is 8.14. The third-order valence-electron chi connectivity index (χ3n) is 7.36. The average molecular weight is 423 g/mol. The summed E-state index contributed by atoms with van der Waals surface area (Å²) in [5, 5.41) is 9.02. The fourth-order valence-electron chi connectivity index (χ4n) is 6.52. The third kappa shape index (κ3) is 3.43. The van der Waals surface area contributed by atoms with Crippen molar-refractivity contribution in [3.05, 3.63) is 59.2 Å². The number of carbonyl (C=O) groups is 2. The van der Waals surface area contributed by atoms with E-state index in [0.717, 1.165) is 40.2 Å². The van der Waals surface area contributed by atoms with Gasteiger partial charge in [-0.05, 0) is 116 Å². The van der Waals surface area contributed by atoms with Gasteiger partial charge in [-0.2, -0.15) is 0 Å². The first kappa shape index (κ1) is 19.7. The van der Waals surface area contributed by atoms with Crippen LogP contribution >= 0.6 is 11.8 Å². The molecule has 5 heteroatoms. The molecule has 6 rings (SSSR count). The molecule has 0 aliphatic heterocycles. The van der Waals surface area contributed by atoms with E-state index < -0.39 is 5.97 Å². The normalized spacial score (nSPS) is 29.0. The summed E-state index contributed by atoms with van der Waals surface area (Å²) in [7, 11) is 1.72. The zero-order chi connectivity index (χ0) is 20.9. The number of methoxy groups -OCH3 is 1. The van der Waals surface area contributed by atoms with Crippen LogP contribution in [0.1, 0.15) is 64.8 Å². The van der Waals surface area contributed by atoms with Crippen molar-refractivity contribution in [2.75, 3.05) is 7.11 Å². The molecule has 0 saturated heterocycles. The first-order chi connectivity index (χ1) is 14.5. The van der Waals surface area contributed by atoms with Crippen molar-refractivity contribution in [2.45, 2.75) is 48.8 Å². The summed E-state index contributed by atoms with van der Waals surface area (Å²) in [5.41, 5.74) is 2.29. The molecule has 0 aromatic heterocycles. The summed E-state index contributed by atoms with van der Waals surface area (Å²) >= 11 is 1.14. The molecule has 1 N–H and O–H groups in total. The Balaban J connectivity index is 1.43. The van der Waals surface area contributed by atoms with Crippen LogP contribution in [-0.2, 0) is 5.41 Å². The van der Waals surface area contributed by atoms with Crippen LogP contribution in [0, 0.1) is 17.8 Å². The van der Waals surface area contributed by atoms with E-state index in [0.29, 0.717) is 5.56 Å². The van der Waals surface area contributed by atoms with Crippen molar-refractivity contribution < 1.29 is 19.4 Å². The molecule has 4 aliphatic rings. The second-order valence-corrected chi connectivity index (χ2v) is 10.4. The number of benzene rings is 2. The van der Waals surface area contributed by atoms with Crippen LogP contribution in [0.4, 0.5) is 0 Å². The number of rotatable bonds is 5. The average Bonchev–Trinajstić information content (AvgIpc) is 2.72. The number of hydrogen-bond donors (Lipinski definition) is 1. The number of aromatic carboxylic acids is 1. The summed E-state index contributed by atoms with van der Waals surface area (Å²) in [5.74, 6) is 2.41. The van der Waals surface area contributed by atoms with E-state index in [9.17, 15) is 9.59 Å². The maximum Gasteiger partial charge on any atom is 0.335 e. The molecule has 2 aromatic rings. The standard InChI is InChI=1S/C25H26O4S/c1-29-22-7-4-19(24(28)30-20-5-2-18(3-6-20)23(26)27)11-21(22)25-12-15-8-16(13-25)10-17(9-15)14-25/h2-7,11,15-17H,8-10,12-14H2,1H3,(H,26,27). The Labute approximate surface area is 181 Å². The minimum Gasteiger partial charge on any atom is -0.496 e. The van der Waals surface area contributed by atoms with Crippen LogP contribution in [0.2, 0.25) is 0 Å². The Hall–Kier alpha value is -2.27. The summed E-state index contributed by atoms with van der Waals surface area (Å²) in [6, 6.07) is 12.3. The summed E-state index contributed by atoms with van der Waals surface area (Å²) in [4.78, 5) is 24.8. The molecular weight excluding hydrogens is 396 g/mol. The van der Waals surface area contributed by atoms with Gasteiger partial charge in [0.05, 0.1) is 12.7 Å². The maximum absolute atomic E-state index is 13.0. The molecular formula is C25H26O4S. The van der Waals surface area contributed by atoms with Crippen molar-refractivity contribution in [3.63, 3.8) is 0 Å². The quantitative estimate of drug-likeness (QED) is 0.618. The second-order valence-electron chi connectivity index (χ2n) is 9.33. The lowest BCUT2D eigenvalue weighted by molar-refractivity contribution is -0.00617. The lowest BCUT2D eigenvalue weighted by Crippen LogP contribution is -2.48. The SMILES string of the molecule is COc1ccc(C(=O)Sc2ccc(C(=O)O)cc2)cc1C12CC3CC(CC(C3)C1)C2. The molecule has 0 radical (unpaired) electrons. The van der Waals surface area contributed by atoms with E-state index in [1.54, 1.807) is 19.2 Å². The van der Waals surface area contributed by atoms with Crippen LogP contribution in [-0.4, -0.2) is 23.3 Å². The van der Waals surface area contributed by atoms with Crippen molar-refractivity contribution in [1.82, 2.24) is 0 Å². The van der Waals surface area contributed by atoms with Crippen LogP contribution in [0.3, 0.4) is 0 Å². The monoisotopic (exact) mass is 422 g/mol. The number of thioether (sulfide) groups is 1. The minimum absolute atomic E-state index is 0.0216. The Bertz CT molecular complexity index is 959. The third-order valence-corrected chi connectivity index (χ3v) is 8.29. The molecule has 4 saturated carbocycles. The van der Waals surface area contributed by atoms with E-state index >= 15 is 0 Å². The number of hydrogen-bond acceptors (Lipinski definition) is 4. The topological polar surface area (TPSA) is 63.6 Å². The highest BCUT2D eigenvalue weighted by Gasteiger charge is 2.52. The zero-order valence-corrected chi connectivity index (χ0v) is 17.9. The molecule has 0 unspecified atom stereocenters. The van der Waals surface area contributed by atoms with Gasteiger partial charge >= 0.3 is 5.97 Å². The summed E-state index contributed by atoms with van der Waals surface area (Å²) < 4.78 is 5.75. The van der Waals surface area contributed by atoms with Gasteiger partial charge in [-0.25, -0.2) is 4.79 Å². The number of carboxylic acid groups (broad SMARTS) is 1. The van der Waals surface area contributed by atoms with Gasteiger partial charge in [-0.15, -0.1) is 0 Å². The van der Waals surface area contributed by atoms with Crippen LogP contribution < -0.4 is 4.74 Å². The van der Waals surface area contributed by atoms with Gasteiger partial charge < -0.3 is 9.84 Å². The number of carbonyl (C=O) groups excluding carboxylic acids is 1. The van der Waals surface area contributed by atoms with E-state index in [1.165, 1.54) is 56.2 Å². The fourth-order valence-corrected chi connectivity index (χ4v) is 7.25. The predicted octanol–water partition coefficient (Wildman–Crippen LogP) is 5.79. The Kier molecular flexibility index (Phi) is 4.89.